The number of carbonyl (C=O) groups excluding carboxylic acids is 1. The Labute approximate surface area is 161 Å². The van der Waals surface area contributed by atoms with Crippen molar-refractivity contribution in [3.05, 3.63) is 41.0 Å². The third kappa shape index (κ3) is 3.93. The smallest absolute Gasteiger partial charge is 0.285 e. The lowest BCUT2D eigenvalue weighted by Crippen LogP contribution is -2.37. The van der Waals surface area contributed by atoms with E-state index in [4.69, 9.17) is 0 Å². The summed E-state index contributed by atoms with van der Waals surface area (Å²) >= 11 is 0. The van der Waals surface area contributed by atoms with Crippen LogP contribution in [-0.4, -0.2) is 56.1 Å². The van der Waals surface area contributed by atoms with E-state index in [0.717, 1.165) is 12.8 Å². The molecule has 146 valence electrons. The molecule has 3 rings (SSSR count). The molecule has 7 heteroatoms. The van der Waals surface area contributed by atoms with Crippen LogP contribution in [0.3, 0.4) is 0 Å². The van der Waals surface area contributed by atoms with Crippen molar-refractivity contribution >= 4 is 26.7 Å². The quantitative estimate of drug-likeness (QED) is 0.797. The van der Waals surface area contributed by atoms with E-state index in [1.54, 1.807) is 0 Å². The molecule has 1 aromatic rings. The van der Waals surface area contributed by atoms with E-state index in [1.807, 2.05) is 47.9 Å². The highest BCUT2D eigenvalue weighted by Gasteiger charge is 2.34. The first-order chi connectivity index (χ1) is 12.9. The maximum Gasteiger partial charge on any atom is 0.285 e. The van der Waals surface area contributed by atoms with Gasteiger partial charge in [-0.3, -0.25) is 4.79 Å². The van der Waals surface area contributed by atoms with Gasteiger partial charge in [-0.1, -0.05) is 38.1 Å². The van der Waals surface area contributed by atoms with Gasteiger partial charge in [0.1, 0.15) is 10.7 Å². The molecular formula is C20H27N3O3S. The minimum atomic E-state index is -3.71. The zero-order chi connectivity index (χ0) is 19.6. The summed E-state index contributed by atoms with van der Waals surface area (Å²) in [6.07, 6.45) is 2.21. The fourth-order valence-corrected chi connectivity index (χ4v) is 5.16. The second-order valence-electron chi connectivity index (χ2n) is 6.97. The van der Waals surface area contributed by atoms with Crippen molar-refractivity contribution < 1.29 is 13.2 Å². The van der Waals surface area contributed by atoms with Gasteiger partial charge < -0.3 is 9.80 Å². The molecular weight excluding hydrogens is 362 g/mol. The molecule has 2 heterocycles. The van der Waals surface area contributed by atoms with E-state index in [0.29, 0.717) is 54.5 Å². The molecule has 0 aromatic heterocycles. The normalized spacial score (nSPS) is 19.9. The summed E-state index contributed by atoms with van der Waals surface area (Å²) in [7, 11) is -3.71. The molecule has 27 heavy (non-hydrogen) atoms. The van der Waals surface area contributed by atoms with Crippen molar-refractivity contribution in [2.24, 2.45) is 4.40 Å². The Morgan fingerprint density at radius 2 is 1.78 bits per heavy atom. The minimum absolute atomic E-state index is 0.141. The number of rotatable bonds is 3. The van der Waals surface area contributed by atoms with Crippen LogP contribution in [0, 0.1) is 0 Å². The molecule has 0 aliphatic carbocycles. The zero-order valence-corrected chi connectivity index (χ0v) is 17.1. The van der Waals surface area contributed by atoms with Crippen molar-refractivity contribution in [2.45, 2.75) is 40.0 Å². The highest BCUT2D eigenvalue weighted by atomic mass is 32.2. The van der Waals surface area contributed by atoms with E-state index in [2.05, 4.69) is 11.3 Å². The number of amidine groups is 1. The maximum atomic E-state index is 12.7. The molecule has 1 fully saturated rings. The lowest BCUT2D eigenvalue weighted by atomic mass is 10.1. The molecule has 1 aromatic carbocycles. The Balaban J connectivity index is 1.88. The molecule has 2 aliphatic heterocycles. The average Bonchev–Trinajstić information content (AvgIpc) is 2.83. The van der Waals surface area contributed by atoms with Crippen LogP contribution >= 0.6 is 0 Å². The van der Waals surface area contributed by atoms with Crippen LogP contribution in [0.25, 0.3) is 4.91 Å². The van der Waals surface area contributed by atoms with Gasteiger partial charge in [0, 0.05) is 38.2 Å². The van der Waals surface area contributed by atoms with Crippen LogP contribution in [0.15, 0.2) is 34.2 Å². The number of nitrogens with zero attached hydrogens (tertiary/aromatic N) is 3. The van der Waals surface area contributed by atoms with Gasteiger partial charge in [0.25, 0.3) is 10.0 Å². The minimum Gasteiger partial charge on any atom is -0.354 e. The summed E-state index contributed by atoms with van der Waals surface area (Å²) in [5, 5.41) is 0. The number of carbonyl (C=O) groups is 1. The fourth-order valence-electron chi connectivity index (χ4n) is 3.68. The van der Waals surface area contributed by atoms with E-state index in [1.165, 1.54) is 5.56 Å². The van der Waals surface area contributed by atoms with Crippen LogP contribution in [0.5, 0.6) is 0 Å². The predicted octanol–water partition coefficient (Wildman–Crippen LogP) is 2.67. The lowest BCUT2D eigenvalue weighted by Gasteiger charge is -2.23. The first-order valence-electron chi connectivity index (χ1n) is 9.55. The summed E-state index contributed by atoms with van der Waals surface area (Å²) in [6.45, 7) is 8.35. The summed E-state index contributed by atoms with van der Waals surface area (Å²) in [4.78, 5) is 16.1. The maximum absolute atomic E-state index is 12.7. The molecule has 6 nitrogen and oxygen atoms in total. The van der Waals surface area contributed by atoms with Crippen molar-refractivity contribution in [1.82, 2.24) is 9.80 Å². The highest BCUT2D eigenvalue weighted by Crippen LogP contribution is 2.34. The molecule has 2 aliphatic rings. The van der Waals surface area contributed by atoms with Gasteiger partial charge in [-0.05, 0) is 30.9 Å². The molecule has 0 saturated carbocycles. The molecule has 1 amide bonds. The first kappa shape index (κ1) is 19.6. The van der Waals surface area contributed by atoms with Crippen LogP contribution in [0.1, 0.15) is 44.7 Å². The fraction of sp³-hybridized carbons (Fsp3) is 0.500. The largest absolute Gasteiger partial charge is 0.354 e. The summed E-state index contributed by atoms with van der Waals surface area (Å²) in [6, 6.07) is 7.64. The molecule has 0 radical (unpaired) electrons. The van der Waals surface area contributed by atoms with Crippen molar-refractivity contribution in [1.29, 1.82) is 0 Å². The van der Waals surface area contributed by atoms with Gasteiger partial charge in [0.15, 0.2) is 0 Å². The summed E-state index contributed by atoms with van der Waals surface area (Å²) in [5.41, 5.74) is 2.54. The molecule has 0 N–H and O–H groups in total. The topological polar surface area (TPSA) is 70.1 Å². The molecule has 0 spiro atoms. The van der Waals surface area contributed by atoms with Crippen LogP contribution < -0.4 is 0 Å². The monoisotopic (exact) mass is 389 g/mol. The van der Waals surface area contributed by atoms with Gasteiger partial charge in [-0.25, -0.2) is 0 Å². The van der Waals surface area contributed by atoms with Crippen LogP contribution in [-0.2, 0) is 21.2 Å². The number of aryl methyl sites for hydroxylation is 1. The third-order valence-corrected chi connectivity index (χ3v) is 6.69. The second kappa shape index (κ2) is 7.84. The first-order valence-corrected chi connectivity index (χ1v) is 11.0. The van der Waals surface area contributed by atoms with Gasteiger partial charge >= 0.3 is 0 Å². The molecule has 1 saturated heterocycles. The molecule has 0 atom stereocenters. The Morgan fingerprint density at radius 1 is 1.07 bits per heavy atom. The van der Waals surface area contributed by atoms with E-state index >= 15 is 0 Å². The highest BCUT2D eigenvalue weighted by molar-refractivity contribution is 8.00. The predicted molar refractivity (Wildman–Crippen MR) is 108 cm³/mol. The number of amides is 1. The van der Waals surface area contributed by atoms with Crippen molar-refractivity contribution in [2.75, 3.05) is 26.2 Å². The standard InChI is InChI=1S/C20H27N3O3S/c1-4-16-7-9-17(10-8-16)19-15(3)20(21-27(19,25)26)23-12-6-11-22(13-14-23)18(24)5-2/h7-10H,4-6,11-14H2,1-3H3. The number of hydrogen-bond donors (Lipinski definition) is 0. The zero-order valence-electron chi connectivity index (χ0n) is 16.2. The number of hydrogen-bond acceptors (Lipinski definition) is 4. The van der Waals surface area contributed by atoms with Crippen LogP contribution in [0.4, 0.5) is 0 Å². The second-order valence-corrected chi connectivity index (χ2v) is 8.51. The lowest BCUT2D eigenvalue weighted by molar-refractivity contribution is -0.130. The summed E-state index contributed by atoms with van der Waals surface area (Å²) < 4.78 is 29.6. The van der Waals surface area contributed by atoms with E-state index in [9.17, 15) is 13.2 Å². The summed E-state index contributed by atoms with van der Waals surface area (Å²) in [5.74, 6) is 0.664. The van der Waals surface area contributed by atoms with Gasteiger partial charge in [0.05, 0.1) is 0 Å². The number of sulfonamides is 1. The van der Waals surface area contributed by atoms with Crippen molar-refractivity contribution in [3.63, 3.8) is 0 Å². The van der Waals surface area contributed by atoms with Gasteiger partial charge in [0.2, 0.25) is 5.91 Å². The van der Waals surface area contributed by atoms with Crippen molar-refractivity contribution in [3.8, 4) is 0 Å². The Bertz CT molecular complexity index is 886. The van der Waals surface area contributed by atoms with E-state index in [-0.39, 0.29) is 5.91 Å². The Kier molecular flexibility index (Phi) is 5.69. The molecule has 0 bridgehead atoms. The van der Waals surface area contributed by atoms with Gasteiger partial charge in [-0.15, -0.1) is 4.40 Å². The van der Waals surface area contributed by atoms with Crippen LogP contribution in [0.2, 0.25) is 0 Å². The Morgan fingerprint density at radius 3 is 2.41 bits per heavy atom. The SMILES string of the molecule is CCC(=O)N1CCCN(C2=NS(=O)(=O)C(c3ccc(CC)cc3)=C2C)CC1. The Hall–Kier alpha value is -2.15. The molecule has 0 unspecified atom stereocenters. The number of benzene rings is 1. The third-order valence-electron chi connectivity index (χ3n) is 5.22. The van der Waals surface area contributed by atoms with Gasteiger partial charge in [-0.2, -0.15) is 8.42 Å². The average molecular weight is 390 g/mol. The van der Waals surface area contributed by atoms with E-state index < -0.39 is 10.0 Å².